The van der Waals surface area contributed by atoms with Crippen molar-refractivity contribution in [1.82, 2.24) is 4.73 Å². The zero-order valence-corrected chi connectivity index (χ0v) is 14.7. The van der Waals surface area contributed by atoms with Gasteiger partial charge >= 0.3 is 13.1 Å². The molecule has 0 bridgehead atoms. The highest BCUT2D eigenvalue weighted by Crippen LogP contribution is 2.38. The molecule has 1 aromatic heterocycles. The highest BCUT2D eigenvalue weighted by Gasteiger charge is 2.50. The number of unbranched alkanes of at least 4 members (excludes halogenated alkanes) is 2. The largest absolute Gasteiger partial charge is 0.492 e. The van der Waals surface area contributed by atoms with Crippen LogP contribution < -0.4 is 4.84 Å². The zero-order chi connectivity index (χ0) is 18.0. The second-order valence-electron chi connectivity index (χ2n) is 7.09. The average molecular weight is 339 g/mol. The van der Waals surface area contributed by atoms with Gasteiger partial charge in [-0.3, -0.25) is 0 Å². The summed E-state index contributed by atoms with van der Waals surface area (Å²) in [7, 11) is -0.212. The fourth-order valence-corrected chi connectivity index (χ4v) is 2.48. The van der Waals surface area contributed by atoms with Crippen LogP contribution in [0.3, 0.4) is 0 Å². The molecule has 2 heterocycles. The van der Waals surface area contributed by atoms with Crippen LogP contribution in [-0.4, -0.2) is 39.2 Å². The topological polar surface area (TPSA) is 90.2 Å². The van der Waals surface area contributed by atoms with Crippen LogP contribution in [-0.2, 0) is 14.1 Å². The monoisotopic (exact) mass is 339 g/mol. The van der Waals surface area contributed by atoms with Gasteiger partial charge in [-0.05, 0) is 40.4 Å². The molecule has 1 aromatic rings. The molecule has 1 fully saturated rings. The lowest BCUT2D eigenvalue weighted by atomic mass is 9.82. The molecule has 0 aliphatic carbocycles. The molecular weight excluding hydrogens is 313 g/mol. The Bertz CT molecular complexity index is 548. The van der Waals surface area contributed by atoms with E-state index < -0.39 is 5.97 Å². The molecule has 1 saturated heterocycles. The van der Waals surface area contributed by atoms with E-state index in [9.17, 15) is 15.0 Å². The van der Waals surface area contributed by atoms with Crippen LogP contribution in [0.4, 0.5) is 0 Å². The zero-order valence-electron chi connectivity index (χ0n) is 14.7. The maximum Gasteiger partial charge on any atom is 0.457 e. The summed E-state index contributed by atoms with van der Waals surface area (Å²) in [6.07, 6.45) is 3.36. The van der Waals surface area contributed by atoms with Crippen molar-refractivity contribution in [3.8, 4) is 11.8 Å². The summed E-state index contributed by atoms with van der Waals surface area (Å²) < 4.78 is 12.5. The smallest absolute Gasteiger partial charge is 0.457 e. The van der Waals surface area contributed by atoms with Crippen molar-refractivity contribution in [3.05, 3.63) is 12.1 Å². The summed E-state index contributed by atoms with van der Waals surface area (Å²) in [5, 5.41) is 18.8. The quantitative estimate of drug-likeness (QED) is 0.586. The molecule has 24 heavy (non-hydrogen) atoms. The van der Waals surface area contributed by atoms with Gasteiger partial charge in [-0.1, -0.05) is 12.8 Å². The van der Waals surface area contributed by atoms with Gasteiger partial charge < -0.3 is 24.4 Å². The third-order valence-corrected chi connectivity index (χ3v) is 4.61. The Kier molecular flexibility index (Phi) is 5.50. The van der Waals surface area contributed by atoms with Crippen molar-refractivity contribution < 1.29 is 29.2 Å². The molecule has 134 valence electrons. The lowest BCUT2D eigenvalue weighted by molar-refractivity contribution is -0.145. The van der Waals surface area contributed by atoms with Crippen molar-refractivity contribution in [3.63, 3.8) is 0 Å². The van der Waals surface area contributed by atoms with E-state index in [2.05, 4.69) is 0 Å². The minimum absolute atomic E-state index is 0.209. The minimum Gasteiger partial charge on any atom is -0.492 e. The van der Waals surface area contributed by atoms with Gasteiger partial charge in [0.15, 0.2) is 0 Å². The van der Waals surface area contributed by atoms with Crippen LogP contribution >= 0.6 is 0 Å². The van der Waals surface area contributed by atoms with Crippen molar-refractivity contribution in [2.75, 3.05) is 0 Å². The summed E-state index contributed by atoms with van der Waals surface area (Å²) in [6, 6.07) is 2.49. The van der Waals surface area contributed by atoms with Gasteiger partial charge in [0.25, 0.3) is 0 Å². The fraction of sp³-hybridized carbons (Fsp3) is 0.688. The Morgan fingerprint density at radius 3 is 2.17 bits per heavy atom. The Morgan fingerprint density at radius 1 is 1.08 bits per heavy atom. The number of hydrogen-bond acceptors (Lipinski definition) is 6. The van der Waals surface area contributed by atoms with Gasteiger partial charge in [0.05, 0.1) is 11.2 Å². The van der Waals surface area contributed by atoms with E-state index in [1.165, 1.54) is 12.1 Å². The number of aromatic hydroxyl groups is 2. The van der Waals surface area contributed by atoms with E-state index in [4.69, 9.17) is 14.1 Å². The fourth-order valence-electron chi connectivity index (χ4n) is 2.48. The first-order valence-corrected chi connectivity index (χ1v) is 8.29. The molecule has 0 radical (unpaired) electrons. The van der Waals surface area contributed by atoms with Crippen LogP contribution in [0, 0.1) is 0 Å². The maximum atomic E-state index is 11.7. The van der Waals surface area contributed by atoms with Crippen molar-refractivity contribution in [2.45, 2.75) is 70.9 Å². The van der Waals surface area contributed by atoms with Crippen LogP contribution in [0.15, 0.2) is 12.1 Å². The highest BCUT2D eigenvalue weighted by molar-refractivity contribution is 6.45. The third-order valence-electron chi connectivity index (χ3n) is 4.61. The molecule has 1 aliphatic rings. The summed E-state index contributed by atoms with van der Waals surface area (Å²) in [4.78, 5) is 16.6. The Hall–Kier alpha value is -1.67. The molecule has 1 aliphatic heterocycles. The first-order chi connectivity index (χ1) is 11.1. The Balaban J connectivity index is 1.63. The van der Waals surface area contributed by atoms with E-state index in [-0.39, 0.29) is 36.5 Å². The van der Waals surface area contributed by atoms with Crippen LogP contribution in [0.25, 0.3) is 0 Å². The highest BCUT2D eigenvalue weighted by atomic mass is 16.7. The van der Waals surface area contributed by atoms with Gasteiger partial charge in [-0.15, -0.1) is 4.73 Å². The van der Waals surface area contributed by atoms with Gasteiger partial charge in [-0.2, -0.15) is 0 Å². The minimum atomic E-state index is -0.507. The lowest BCUT2D eigenvalue weighted by Gasteiger charge is -2.32. The van der Waals surface area contributed by atoms with Crippen LogP contribution in [0.1, 0.15) is 53.4 Å². The average Bonchev–Trinajstić information content (AvgIpc) is 2.88. The second-order valence-corrected chi connectivity index (χ2v) is 7.09. The Labute approximate surface area is 142 Å². The number of aromatic nitrogens is 1. The van der Waals surface area contributed by atoms with Gasteiger partial charge in [0, 0.05) is 18.6 Å². The Morgan fingerprint density at radius 2 is 1.62 bits per heavy atom. The molecule has 0 aromatic carbocycles. The predicted octanol–water partition coefficient (Wildman–Crippen LogP) is 2.51. The number of nitrogens with zero attached hydrogens (tertiary/aromatic N) is 1. The van der Waals surface area contributed by atoms with E-state index in [0.717, 1.165) is 19.2 Å². The molecule has 0 saturated carbocycles. The van der Waals surface area contributed by atoms with Crippen LogP contribution in [0.2, 0.25) is 6.32 Å². The van der Waals surface area contributed by atoms with Crippen molar-refractivity contribution in [2.24, 2.45) is 0 Å². The SMILES string of the molecule is CC1(C)OB(CCCCCC(=O)On2c(O)ccc2O)OC1(C)C. The van der Waals surface area contributed by atoms with Gasteiger partial charge in [0.2, 0.25) is 11.8 Å². The molecule has 0 spiro atoms. The normalized spacial score (nSPS) is 18.8. The summed E-state index contributed by atoms with van der Waals surface area (Å²) >= 11 is 0. The van der Waals surface area contributed by atoms with Crippen molar-refractivity contribution in [1.29, 1.82) is 0 Å². The van der Waals surface area contributed by atoms with E-state index in [1.54, 1.807) is 0 Å². The molecule has 2 rings (SSSR count). The standard InChI is InChI=1S/C16H26BNO6/c1-15(2)16(3,4)24-17(23-15)11-7-5-6-8-14(21)22-18-12(19)9-10-13(18)20/h9-10,19-20H,5-8,11H2,1-4H3. The summed E-state index contributed by atoms with van der Waals surface area (Å²) in [6.45, 7) is 8.09. The van der Waals surface area contributed by atoms with E-state index in [0.29, 0.717) is 11.2 Å². The second kappa shape index (κ2) is 7.07. The molecule has 7 nitrogen and oxygen atoms in total. The molecule has 0 unspecified atom stereocenters. The molecule has 8 heteroatoms. The number of hydrogen-bond donors (Lipinski definition) is 2. The van der Waals surface area contributed by atoms with Crippen LogP contribution in [0.5, 0.6) is 11.8 Å². The van der Waals surface area contributed by atoms with Crippen molar-refractivity contribution >= 4 is 13.1 Å². The molecule has 2 N–H and O–H groups in total. The molecule has 0 amide bonds. The predicted molar refractivity (Wildman–Crippen MR) is 88.7 cm³/mol. The summed E-state index contributed by atoms with van der Waals surface area (Å²) in [5.74, 6) is -1.14. The number of carbonyl (C=O) groups is 1. The third kappa shape index (κ3) is 4.24. The molecule has 0 atom stereocenters. The summed E-state index contributed by atoms with van der Waals surface area (Å²) in [5.41, 5.74) is -0.634. The lowest BCUT2D eigenvalue weighted by Crippen LogP contribution is -2.41. The first-order valence-electron chi connectivity index (χ1n) is 8.29. The van der Waals surface area contributed by atoms with E-state index >= 15 is 0 Å². The maximum absolute atomic E-state index is 11.7. The van der Waals surface area contributed by atoms with E-state index in [1.807, 2.05) is 27.7 Å². The molecular formula is C16H26BNO6. The number of carbonyl (C=O) groups excluding carboxylic acids is 1. The first kappa shape index (κ1) is 18.7. The van der Waals surface area contributed by atoms with Gasteiger partial charge in [-0.25, -0.2) is 4.79 Å². The van der Waals surface area contributed by atoms with Gasteiger partial charge in [0.1, 0.15) is 0 Å². The number of rotatable bonds is 7.